The molecule has 1 aromatic heterocycles. The van der Waals surface area contributed by atoms with Crippen LogP contribution in [-0.2, 0) is 4.79 Å². The predicted molar refractivity (Wildman–Crippen MR) is 104 cm³/mol. The Bertz CT molecular complexity index is 989. The van der Waals surface area contributed by atoms with Crippen molar-refractivity contribution in [3.63, 3.8) is 0 Å². The van der Waals surface area contributed by atoms with Crippen LogP contribution in [0, 0.1) is 12.7 Å². The summed E-state index contributed by atoms with van der Waals surface area (Å²) in [6.07, 6.45) is 1.58. The maximum atomic E-state index is 14.5. The topological polar surface area (TPSA) is 59.4 Å². The number of aryl methyl sites for hydroxylation is 1. The van der Waals surface area contributed by atoms with Gasteiger partial charge in [-0.05, 0) is 42.3 Å². The number of methoxy groups -OCH3 is 1. The molecule has 0 aliphatic carbocycles. The number of aliphatic carboxylic acids is 1. The predicted octanol–water partition coefficient (Wildman–Crippen LogP) is 5.53. The van der Waals surface area contributed by atoms with Crippen molar-refractivity contribution in [1.29, 1.82) is 0 Å². The fourth-order valence-electron chi connectivity index (χ4n) is 2.88. The number of hydrogen-bond acceptors (Lipinski definition) is 4. The number of ether oxygens (including phenoxy) is 1. The Morgan fingerprint density at radius 1 is 1.33 bits per heavy atom. The minimum absolute atomic E-state index is 0.127. The van der Waals surface area contributed by atoms with Crippen molar-refractivity contribution >= 4 is 28.9 Å². The maximum Gasteiger partial charge on any atom is 0.304 e. The summed E-state index contributed by atoms with van der Waals surface area (Å²) in [5.74, 6) is -1.42. The van der Waals surface area contributed by atoms with Gasteiger partial charge in [-0.1, -0.05) is 17.7 Å². The number of rotatable bonds is 6. The van der Waals surface area contributed by atoms with Crippen molar-refractivity contribution in [3.05, 3.63) is 68.9 Å². The summed E-state index contributed by atoms with van der Waals surface area (Å²) >= 11 is 7.71. The zero-order valence-electron chi connectivity index (χ0n) is 14.7. The Morgan fingerprint density at radius 2 is 2.11 bits per heavy atom. The maximum absolute atomic E-state index is 14.5. The second-order valence-electron chi connectivity index (χ2n) is 6.08. The third-order valence-corrected chi connectivity index (χ3v) is 5.37. The fourth-order valence-corrected chi connectivity index (χ4v) is 4.03. The molecule has 1 atom stereocenters. The smallest absolute Gasteiger partial charge is 0.304 e. The Morgan fingerprint density at radius 3 is 2.70 bits per heavy atom. The molecular formula is C20H17ClFNO3S. The summed E-state index contributed by atoms with van der Waals surface area (Å²) in [4.78, 5) is 16.7. The van der Waals surface area contributed by atoms with Crippen molar-refractivity contribution in [2.75, 3.05) is 7.11 Å². The van der Waals surface area contributed by atoms with E-state index in [4.69, 9.17) is 16.3 Å². The summed E-state index contributed by atoms with van der Waals surface area (Å²) in [7, 11) is 1.47. The molecule has 4 nitrogen and oxygen atoms in total. The Labute approximate surface area is 165 Å². The molecule has 3 aromatic rings. The first kappa shape index (κ1) is 19.3. The van der Waals surface area contributed by atoms with Crippen LogP contribution in [0.3, 0.4) is 0 Å². The highest BCUT2D eigenvalue weighted by Crippen LogP contribution is 2.36. The first-order valence-corrected chi connectivity index (χ1v) is 9.35. The van der Waals surface area contributed by atoms with E-state index in [1.165, 1.54) is 24.5 Å². The SMILES string of the molecule is COc1ccc(-c2cc(Cl)cc(C(CC(=O)O)c3ncc(C)s3)c2)c(F)c1. The summed E-state index contributed by atoms with van der Waals surface area (Å²) < 4.78 is 19.5. The number of carbonyl (C=O) groups is 1. The van der Waals surface area contributed by atoms with Gasteiger partial charge in [-0.2, -0.15) is 0 Å². The van der Waals surface area contributed by atoms with E-state index in [1.807, 2.05) is 6.92 Å². The van der Waals surface area contributed by atoms with Crippen molar-refractivity contribution in [1.82, 2.24) is 4.98 Å². The Hall–Kier alpha value is -2.44. The van der Waals surface area contributed by atoms with Crippen LogP contribution in [0.15, 0.2) is 42.6 Å². The number of aromatic nitrogens is 1. The molecule has 7 heteroatoms. The Kier molecular flexibility index (Phi) is 5.77. The van der Waals surface area contributed by atoms with E-state index >= 15 is 0 Å². The molecule has 27 heavy (non-hydrogen) atoms. The van der Waals surface area contributed by atoms with Crippen molar-refractivity contribution in [2.24, 2.45) is 0 Å². The summed E-state index contributed by atoms with van der Waals surface area (Å²) in [6.45, 7) is 1.91. The van der Waals surface area contributed by atoms with Gasteiger partial charge < -0.3 is 9.84 Å². The lowest BCUT2D eigenvalue weighted by Crippen LogP contribution is -2.08. The van der Waals surface area contributed by atoms with Gasteiger partial charge in [0.05, 0.1) is 13.5 Å². The standard InChI is InChI=1S/C20H17ClFNO3S/c1-11-10-23-20(27-11)17(9-19(24)25)13-5-12(6-14(21)7-13)16-4-3-15(26-2)8-18(16)22/h3-8,10,17H,9H2,1-2H3,(H,24,25). The lowest BCUT2D eigenvalue weighted by Gasteiger charge is -2.15. The lowest BCUT2D eigenvalue weighted by molar-refractivity contribution is -0.137. The van der Waals surface area contributed by atoms with Gasteiger partial charge in [-0.15, -0.1) is 11.3 Å². The number of carboxylic acids is 1. The number of halogens is 2. The molecule has 0 bridgehead atoms. The van der Waals surface area contributed by atoms with Crippen LogP contribution in [0.25, 0.3) is 11.1 Å². The average molecular weight is 406 g/mol. The largest absolute Gasteiger partial charge is 0.497 e. The second-order valence-corrected chi connectivity index (χ2v) is 7.78. The van der Waals surface area contributed by atoms with Gasteiger partial charge in [0, 0.05) is 33.6 Å². The van der Waals surface area contributed by atoms with Gasteiger partial charge in [-0.3, -0.25) is 4.79 Å². The van der Waals surface area contributed by atoms with Crippen molar-refractivity contribution in [2.45, 2.75) is 19.3 Å². The van der Waals surface area contributed by atoms with Crippen molar-refractivity contribution in [3.8, 4) is 16.9 Å². The van der Waals surface area contributed by atoms with Gasteiger partial charge in [0.25, 0.3) is 0 Å². The van der Waals surface area contributed by atoms with E-state index in [2.05, 4.69) is 4.98 Å². The number of nitrogens with zero attached hydrogens (tertiary/aromatic N) is 1. The molecule has 1 heterocycles. The third kappa shape index (κ3) is 4.46. The van der Waals surface area contributed by atoms with E-state index < -0.39 is 17.7 Å². The molecule has 0 saturated heterocycles. The second kappa shape index (κ2) is 8.06. The van der Waals surface area contributed by atoms with Crippen LogP contribution in [0.2, 0.25) is 5.02 Å². The van der Waals surface area contributed by atoms with Gasteiger partial charge in [-0.25, -0.2) is 9.37 Å². The third-order valence-electron chi connectivity index (χ3n) is 4.13. The van der Waals surface area contributed by atoms with E-state index in [0.717, 1.165) is 4.88 Å². The van der Waals surface area contributed by atoms with Crippen LogP contribution in [-0.4, -0.2) is 23.2 Å². The zero-order valence-corrected chi connectivity index (χ0v) is 16.3. The van der Waals surface area contributed by atoms with Gasteiger partial charge in [0.15, 0.2) is 0 Å². The van der Waals surface area contributed by atoms with Crippen molar-refractivity contribution < 1.29 is 19.0 Å². The number of hydrogen-bond donors (Lipinski definition) is 1. The highest BCUT2D eigenvalue weighted by Gasteiger charge is 2.22. The monoisotopic (exact) mass is 405 g/mol. The number of carboxylic acid groups (broad SMARTS) is 1. The van der Waals surface area contributed by atoms with Gasteiger partial charge in [0.2, 0.25) is 0 Å². The highest BCUT2D eigenvalue weighted by atomic mass is 35.5. The lowest BCUT2D eigenvalue weighted by atomic mass is 9.93. The molecule has 0 radical (unpaired) electrons. The van der Waals surface area contributed by atoms with E-state index in [-0.39, 0.29) is 6.42 Å². The first-order chi connectivity index (χ1) is 12.9. The van der Waals surface area contributed by atoms with Crippen LogP contribution >= 0.6 is 22.9 Å². The summed E-state index contributed by atoms with van der Waals surface area (Å²) in [6, 6.07) is 9.70. The van der Waals surface area contributed by atoms with Gasteiger partial charge >= 0.3 is 5.97 Å². The zero-order chi connectivity index (χ0) is 19.6. The highest BCUT2D eigenvalue weighted by molar-refractivity contribution is 7.11. The van der Waals surface area contributed by atoms with E-state index in [9.17, 15) is 14.3 Å². The molecule has 1 unspecified atom stereocenters. The van der Waals surface area contributed by atoms with Crippen LogP contribution in [0.5, 0.6) is 5.75 Å². The molecule has 2 aromatic carbocycles. The minimum atomic E-state index is -0.940. The molecule has 0 amide bonds. The summed E-state index contributed by atoms with van der Waals surface area (Å²) in [5.41, 5.74) is 1.62. The molecular weight excluding hydrogens is 389 g/mol. The minimum Gasteiger partial charge on any atom is -0.497 e. The molecule has 0 aliphatic heterocycles. The van der Waals surface area contributed by atoms with Gasteiger partial charge in [0.1, 0.15) is 16.6 Å². The number of thiazole rings is 1. The quantitative estimate of drug-likeness (QED) is 0.586. The average Bonchev–Trinajstić information content (AvgIpc) is 3.04. The molecule has 0 saturated carbocycles. The van der Waals surface area contributed by atoms with Crippen LogP contribution < -0.4 is 4.74 Å². The fraction of sp³-hybridized carbons (Fsp3) is 0.200. The van der Waals surface area contributed by atoms with Crippen LogP contribution in [0.1, 0.15) is 27.8 Å². The molecule has 140 valence electrons. The molecule has 0 aliphatic rings. The summed E-state index contributed by atoms with van der Waals surface area (Å²) in [5, 5.41) is 10.4. The Balaban J connectivity index is 2.09. The molecule has 0 spiro atoms. The molecule has 3 rings (SSSR count). The molecule has 0 fully saturated rings. The van der Waals surface area contributed by atoms with Crippen LogP contribution in [0.4, 0.5) is 4.39 Å². The molecule has 1 N–H and O–H groups in total. The normalized spacial score (nSPS) is 12.0. The number of benzene rings is 2. The first-order valence-electron chi connectivity index (χ1n) is 8.16. The van der Waals surface area contributed by atoms with E-state index in [0.29, 0.717) is 32.5 Å². The van der Waals surface area contributed by atoms with E-state index in [1.54, 1.807) is 36.5 Å².